The van der Waals surface area contributed by atoms with Gasteiger partial charge in [-0.2, -0.15) is 5.10 Å². The molecule has 0 bridgehead atoms. The van der Waals surface area contributed by atoms with E-state index >= 15 is 0 Å². The first kappa shape index (κ1) is 24.3. The molecule has 3 heterocycles. The van der Waals surface area contributed by atoms with Crippen molar-refractivity contribution in [1.82, 2.24) is 24.6 Å². The summed E-state index contributed by atoms with van der Waals surface area (Å²) in [5.74, 6) is 0.519. The lowest BCUT2D eigenvalue weighted by Crippen LogP contribution is -2.27. The second kappa shape index (κ2) is 10.2. The molecule has 0 aliphatic carbocycles. The average molecular weight is 474 g/mol. The van der Waals surface area contributed by atoms with Crippen molar-refractivity contribution in [3.05, 3.63) is 70.7 Å². The fourth-order valence-electron chi connectivity index (χ4n) is 4.14. The molecule has 4 rings (SSSR count). The standard InChI is InChI=1S/C27H31N5O3/c1-6-32-19(4)20(15-28-32)16-31(5)27(34)22-14-25(30-23-8-7-17(2)13-21(22)23)24-9-10-26(18(3)29-24)35-12-11-33/h7-10,13-15,33H,6,11-12,16H2,1-5H3. The molecule has 8 nitrogen and oxygen atoms in total. The number of amides is 1. The third kappa shape index (κ3) is 5.02. The van der Waals surface area contributed by atoms with E-state index < -0.39 is 0 Å². The summed E-state index contributed by atoms with van der Waals surface area (Å²) in [5.41, 5.74) is 6.41. The molecule has 8 heteroatoms. The van der Waals surface area contributed by atoms with Crippen LogP contribution in [-0.2, 0) is 13.1 Å². The summed E-state index contributed by atoms with van der Waals surface area (Å²) in [7, 11) is 1.81. The van der Waals surface area contributed by atoms with E-state index in [1.54, 1.807) is 4.90 Å². The molecule has 182 valence electrons. The highest BCUT2D eigenvalue weighted by molar-refractivity contribution is 6.07. The van der Waals surface area contributed by atoms with E-state index in [1.807, 2.05) is 82.0 Å². The Balaban J connectivity index is 1.73. The molecule has 0 aliphatic rings. The molecule has 0 spiro atoms. The van der Waals surface area contributed by atoms with Crippen LogP contribution < -0.4 is 4.74 Å². The van der Waals surface area contributed by atoms with E-state index in [1.165, 1.54) is 0 Å². The lowest BCUT2D eigenvalue weighted by Gasteiger charge is -2.19. The number of pyridine rings is 2. The van der Waals surface area contributed by atoms with Gasteiger partial charge in [0.1, 0.15) is 12.4 Å². The van der Waals surface area contributed by atoms with Crippen LogP contribution in [0.3, 0.4) is 0 Å². The Bertz CT molecular complexity index is 1380. The zero-order valence-electron chi connectivity index (χ0n) is 20.9. The first-order valence-corrected chi connectivity index (χ1v) is 11.7. The van der Waals surface area contributed by atoms with Crippen molar-refractivity contribution in [1.29, 1.82) is 0 Å². The molecule has 1 N–H and O–H groups in total. The molecule has 0 radical (unpaired) electrons. The highest BCUT2D eigenvalue weighted by Crippen LogP contribution is 2.28. The quantitative estimate of drug-likeness (QED) is 0.414. The number of hydrogen-bond acceptors (Lipinski definition) is 6. The molecule has 0 aliphatic heterocycles. The van der Waals surface area contributed by atoms with Crippen molar-refractivity contribution in [3.63, 3.8) is 0 Å². The summed E-state index contributed by atoms with van der Waals surface area (Å²) in [6.07, 6.45) is 1.83. The van der Waals surface area contributed by atoms with Gasteiger partial charge in [-0.15, -0.1) is 0 Å². The van der Waals surface area contributed by atoms with Crippen molar-refractivity contribution in [2.75, 3.05) is 20.3 Å². The van der Waals surface area contributed by atoms with Crippen molar-refractivity contribution in [2.24, 2.45) is 0 Å². The lowest BCUT2D eigenvalue weighted by molar-refractivity contribution is 0.0787. The van der Waals surface area contributed by atoms with Gasteiger partial charge in [-0.25, -0.2) is 9.97 Å². The number of benzene rings is 1. The van der Waals surface area contributed by atoms with Crippen LogP contribution in [0.4, 0.5) is 0 Å². The molecule has 0 unspecified atom stereocenters. The van der Waals surface area contributed by atoms with Crippen LogP contribution >= 0.6 is 0 Å². The number of fused-ring (bicyclic) bond motifs is 1. The number of nitrogens with zero attached hydrogens (tertiary/aromatic N) is 5. The molecule has 1 amide bonds. The third-order valence-corrected chi connectivity index (χ3v) is 6.10. The summed E-state index contributed by atoms with van der Waals surface area (Å²) in [6, 6.07) is 11.4. The molecule has 0 saturated heterocycles. The van der Waals surface area contributed by atoms with Crippen molar-refractivity contribution in [2.45, 2.75) is 40.8 Å². The molecule has 0 saturated carbocycles. The van der Waals surface area contributed by atoms with E-state index in [0.29, 0.717) is 34.9 Å². The number of aryl methyl sites for hydroxylation is 3. The lowest BCUT2D eigenvalue weighted by atomic mass is 10.0. The maximum Gasteiger partial charge on any atom is 0.254 e. The van der Waals surface area contributed by atoms with Gasteiger partial charge in [0, 0.05) is 36.8 Å². The molecular weight excluding hydrogens is 442 g/mol. The van der Waals surface area contributed by atoms with Crippen molar-refractivity contribution >= 4 is 16.8 Å². The Morgan fingerprint density at radius 3 is 2.57 bits per heavy atom. The fraction of sp³-hybridized carbons (Fsp3) is 0.333. The second-order valence-electron chi connectivity index (χ2n) is 8.66. The minimum atomic E-state index is -0.0903. The van der Waals surface area contributed by atoms with Crippen LogP contribution in [0, 0.1) is 20.8 Å². The van der Waals surface area contributed by atoms with Gasteiger partial charge in [0.2, 0.25) is 0 Å². The molecule has 4 aromatic rings. The van der Waals surface area contributed by atoms with E-state index in [0.717, 1.165) is 34.3 Å². The summed E-state index contributed by atoms with van der Waals surface area (Å²) in [5, 5.41) is 14.2. The normalized spacial score (nSPS) is 11.1. The van der Waals surface area contributed by atoms with Gasteiger partial charge in [0.15, 0.2) is 0 Å². The molecule has 0 fully saturated rings. The van der Waals surface area contributed by atoms with Gasteiger partial charge in [0.05, 0.1) is 41.0 Å². The minimum absolute atomic E-state index is 0.0649. The van der Waals surface area contributed by atoms with Crippen molar-refractivity contribution in [3.8, 4) is 17.1 Å². The highest BCUT2D eigenvalue weighted by atomic mass is 16.5. The van der Waals surface area contributed by atoms with E-state index in [-0.39, 0.29) is 19.1 Å². The van der Waals surface area contributed by atoms with Gasteiger partial charge in [-0.1, -0.05) is 11.6 Å². The first-order chi connectivity index (χ1) is 16.8. The van der Waals surface area contributed by atoms with Gasteiger partial charge in [0.25, 0.3) is 5.91 Å². The number of rotatable bonds is 8. The number of hydrogen-bond donors (Lipinski definition) is 1. The van der Waals surface area contributed by atoms with E-state index in [9.17, 15) is 4.79 Å². The maximum atomic E-state index is 13.7. The Hall–Kier alpha value is -3.78. The Morgan fingerprint density at radius 2 is 1.89 bits per heavy atom. The number of carbonyl (C=O) groups excluding carboxylic acids is 1. The zero-order valence-corrected chi connectivity index (χ0v) is 20.9. The summed E-state index contributed by atoms with van der Waals surface area (Å²) >= 11 is 0. The number of aliphatic hydroxyl groups excluding tert-OH is 1. The number of ether oxygens (including phenoxy) is 1. The van der Waals surface area contributed by atoms with Crippen LogP contribution in [0.25, 0.3) is 22.3 Å². The van der Waals surface area contributed by atoms with Gasteiger partial charge in [-0.3, -0.25) is 9.48 Å². The Morgan fingerprint density at radius 1 is 1.09 bits per heavy atom. The highest BCUT2D eigenvalue weighted by Gasteiger charge is 2.20. The van der Waals surface area contributed by atoms with Crippen LogP contribution in [0.1, 0.15) is 39.8 Å². The van der Waals surface area contributed by atoms with Crippen molar-refractivity contribution < 1.29 is 14.6 Å². The largest absolute Gasteiger partial charge is 0.489 e. The first-order valence-electron chi connectivity index (χ1n) is 11.7. The summed E-state index contributed by atoms with van der Waals surface area (Å²) in [4.78, 5) is 24.9. The van der Waals surface area contributed by atoms with Crippen LogP contribution in [0.15, 0.2) is 42.6 Å². The SMILES string of the molecule is CCn1ncc(CN(C)C(=O)c2cc(-c3ccc(OCCO)c(C)n3)nc3ccc(C)cc23)c1C. The average Bonchev–Trinajstić information content (AvgIpc) is 3.21. The van der Waals surface area contributed by atoms with E-state index in [4.69, 9.17) is 14.8 Å². The number of aliphatic hydroxyl groups is 1. The molecule has 0 atom stereocenters. The summed E-state index contributed by atoms with van der Waals surface area (Å²) in [6.45, 7) is 9.31. The smallest absolute Gasteiger partial charge is 0.254 e. The number of carbonyl (C=O) groups is 1. The zero-order chi connectivity index (χ0) is 25.1. The monoisotopic (exact) mass is 473 g/mol. The minimum Gasteiger partial charge on any atom is -0.489 e. The molecular formula is C27H31N5O3. The fourth-order valence-corrected chi connectivity index (χ4v) is 4.14. The predicted molar refractivity (Wildman–Crippen MR) is 135 cm³/mol. The molecule has 3 aromatic heterocycles. The topological polar surface area (TPSA) is 93.4 Å². The predicted octanol–water partition coefficient (Wildman–Crippen LogP) is 4.08. The molecule has 1 aromatic carbocycles. The van der Waals surface area contributed by atoms with E-state index in [2.05, 4.69) is 10.1 Å². The van der Waals surface area contributed by atoms with Gasteiger partial charge >= 0.3 is 0 Å². The van der Waals surface area contributed by atoms with Crippen LogP contribution in [0.2, 0.25) is 0 Å². The Kier molecular flexibility index (Phi) is 7.12. The second-order valence-corrected chi connectivity index (χ2v) is 8.66. The summed E-state index contributed by atoms with van der Waals surface area (Å²) < 4.78 is 7.46. The third-order valence-electron chi connectivity index (χ3n) is 6.10. The van der Waals surface area contributed by atoms with Crippen LogP contribution in [0.5, 0.6) is 5.75 Å². The maximum absolute atomic E-state index is 13.7. The molecule has 35 heavy (non-hydrogen) atoms. The van der Waals surface area contributed by atoms with Gasteiger partial charge < -0.3 is 14.7 Å². The van der Waals surface area contributed by atoms with Gasteiger partial charge in [-0.05, 0) is 58.0 Å². The van der Waals surface area contributed by atoms with Crippen LogP contribution in [-0.4, -0.2) is 55.9 Å². The Labute approximate surface area is 205 Å². The number of aromatic nitrogens is 4.